The Morgan fingerprint density at radius 1 is 1.00 bits per heavy atom. The van der Waals surface area contributed by atoms with Gasteiger partial charge in [-0.2, -0.15) is 9.97 Å². The van der Waals surface area contributed by atoms with Crippen molar-refractivity contribution in [2.24, 2.45) is 0 Å². The smallest absolute Gasteiger partial charge is 0.229 e. The van der Waals surface area contributed by atoms with Crippen molar-refractivity contribution in [2.45, 2.75) is 32.6 Å². The number of hydrogen-bond donors (Lipinski definition) is 2. The lowest BCUT2D eigenvalue weighted by Gasteiger charge is -2.29. The largest absolute Gasteiger partial charge is 0.361 e. The number of H-pyrrole nitrogens is 1. The van der Waals surface area contributed by atoms with E-state index in [4.69, 9.17) is 9.97 Å². The van der Waals surface area contributed by atoms with Crippen molar-refractivity contribution < 1.29 is 0 Å². The molecule has 2 N–H and O–H groups in total. The average molecular weight is 441 g/mol. The molecule has 1 fully saturated rings. The van der Waals surface area contributed by atoms with Gasteiger partial charge >= 0.3 is 0 Å². The van der Waals surface area contributed by atoms with Crippen LogP contribution < -0.4 is 15.1 Å². The van der Waals surface area contributed by atoms with Gasteiger partial charge in [-0.1, -0.05) is 35.9 Å². The molecule has 0 aliphatic carbocycles. The fraction of sp³-hybridized carbons (Fsp3) is 0.333. The van der Waals surface area contributed by atoms with Crippen LogP contribution in [-0.2, 0) is 6.42 Å². The van der Waals surface area contributed by atoms with Crippen LogP contribution >= 0.6 is 0 Å². The fourth-order valence-corrected chi connectivity index (χ4v) is 4.45. The fourth-order valence-electron chi connectivity index (χ4n) is 4.45. The van der Waals surface area contributed by atoms with Crippen LogP contribution in [0, 0.1) is 6.92 Å². The topological polar surface area (TPSA) is 60.1 Å². The van der Waals surface area contributed by atoms with E-state index in [1.165, 1.54) is 41.3 Å². The molecule has 1 saturated heterocycles. The molecule has 0 atom stereocenters. The number of aryl methyl sites for hydroxylation is 1. The summed E-state index contributed by atoms with van der Waals surface area (Å²) in [6.45, 7) is 5.05. The third kappa shape index (κ3) is 4.95. The molecule has 33 heavy (non-hydrogen) atoms. The number of likely N-dealkylation sites (N-methyl/N-ethyl adjacent to an activating group) is 1. The third-order valence-corrected chi connectivity index (χ3v) is 6.44. The number of para-hydroxylation sites is 1. The van der Waals surface area contributed by atoms with Gasteiger partial charge in [-0.25, -0.2) is 0 Å². The minimum Gasteiger partial charge on any atom is -0.361 e. The normalized spacial score (nSPS) is 13.9. The van der Waals surface area contributed by atoms with Gasteiger partial charge in [0.2, 0.25) is 5.95 Å². The van der Waals surface area contributed by atoms with Crippen LogP contribution in [0.25, 0.3) is 10.9 Å². The first-order valence-electron chi connectivity index (χ1n) is 11.9. The molecule has 0 amide bonds. The Labute approximate surface area is 195 Å². The number of piperidine rings is 1. The molecule has 0 bridgehead atoms. The standard InChI is InChI=1S/C27H32N6/c1-20-10-12-22(13-11-20)29-25-18-26(33-15-6-3-7-16-33)31-27(30-25)32(2)17-14-21-19-28-24-9-5-4-8-23(21)24/h4-5,8-13,18-19,28H,3,6-7,14-17H2,1-2H3,(H,29,30,31). The predicted molar refractivity (Wildman–Crippen MR) is 138 cm³/mol. The Bertz CT molecular complexity index is 1210. The summed E-state index contributed by atoms with van der Waals surface area (Å²) in [5.74, 6) is 2.60. The molecule has 0 unspecified atom stereocenters. The van der Waals surface area contributed by atoms with Gasteiger partial charge in [-0.3, -0.25) is 0 Å². The number of benzene rings is 2. The highest BCUT2D eigenvalue weighted by molar-refractivity contribution is 5.83. The molecular weight excluding hydrogens is 408 g/mol. The highest BCUT2D eigenvalue weighted by Crippen LogP contribution is 2.26. The van der Waals surface area contributed by atoms with Gasteiger partial charge in [-0.15, -0.1) is 0 Å². The molecule has 4 aromatic rings. The number of hydrogen-bond acceptors (Lipinski definition) is 5. The molecule has 2 aromatic carbocycles. The number of fused-ring (bicyclic) bond motifs is 1. The second-order valence-electron chi connectivity index (χ2n) is 8.98. The minimum atomic E-state index is 0.757. The monoisotopic (exact) mass is 440 g/mol. The summed E-state index contributed by atoms with van der Waals surface area (Å²) < 4.78 is 0. The van der Waals surface area contributed by atoms with Gasteiger partial charge in [0.25, 0.3) is 0 Å². The van der Waals surface area contributed by atoms with E-state index in [9.17, 15) is 0 Å². The number of nitrogens with zero attached hydrogens (tertiary/aromatic N) is 4. The van der Waals surface area contributed by atoms with Gasteiger partial charge < -0.3 is 20.1 Å². The minimum absolute atomic E-state index is 0.757. The van der Waals surface area contributed by atoms with Crippen molar-refractivity contribution in [3.63, 3.8) is 0 Å². The molecule has 2 aromatic heterocycles. The Morgan fingerprint density at radius 3 is 2.61 bits per heavy atom. The number of aromatic amines is 1. The molecule has 170 valence electrons. The molecular formula is C27H32N6. The highest BCUT2D eigenvalue weighted by atomic mass is 15.3. The SMILES string of the molecule is Cc1ccc(Nc2cc(N3CCCCC3)nc(N(C)CCc3c[nH]c4ccccc34)n2)cc1. The summed E-state index contributed by atoms with van der Waals surface area (Å²) in [4.78, 5) is 17.8. The van der Waals surface area contributed by atoms with Crippen LogP contribution in [0.3, 0.4) is 0 Å². The van der Waals surface area contributed by atoms with Crippen molar-refractivity contribution in [2.75, 3.05) is 41.8 Å². The van der Waals surface area contributed by atoms with E-state index in [1.54, 1.807) is 0 Å². The van der Waals surface area contributed by atoms with E-state index >= 15 is 0 Å². The zero-order chi connectivity index (χ0) is 22.6. The summed E-state index contributed by atoms with van der Waals surface area (Å²) >= 11 is 0. The summed E-state index contributed by atoms with van der Waals surface area (Å²) in [5, 5.41) is 4.78. The first-order chi connectivity index (χ1) is 16.2. The Balaban J connectivity index is 1.38. The Kier molecular flexibility index (Phi) is 6.15. The lowest BCUT2D eigenvalue weighted by molar-refractivity contribution is 0.573. The second kappa shape index (κ2) is 9.53. The molecule has 3 heterocycles. The van der Waals surface area contributed by atoms with E-state index in [2.05, 4.69) is 94.9 Å². The van der Waals surface area contributed by atoms with Crippen molar-refractivity contribution >= 4 is 34.2 Å². The lowest BCUT2D eigenvalue weighted by Crippen LogP contribution is -2.31. The molecule has 6 nitrogen and oxygen atoms in total. The van der Waals surface area contributed by atoms with Crippen LogP contribution in [0.1, 0.15) is 30.4 Å². The average Bonchev–Trinajstić information content (AvgIpc) is 3.27. The van der Waals surface area contributed by atoms with Gasteiger partial charge in [0.05, 0.1) is 0 Å². The highest BCUT2D eigenvalue weighted by Gasteiger charge is 2.17. The Hall–Kier alpha value is -3.54. The van der Waals surface area contributed by atoms with Crippen molar-refractivity contribution in [3.05, 3.63) is 71.9 Å². The summed E-state index contributed by atoms with van der Waals surface area (Å²) in [6.07, 6.45) is 6.78. The first kappa shape index (κ1) is 21.3. The molecule has 1 aliphatic rings. The van der Waals surface area contributed by atoms with E-state index in [1.807, 2.05) is 0 Å². The lowest BCUT2D eigenvalue weighted by atomic mass is 10.1. The van der Waals surface area contributed by atoms with Crippen LogP contribution in [-0.4, -0.2) is 41.6 Å². The zero-order valence-corrected chi connectivity index (χ0v) is 19.5. The number of anilines is 4. The van der Waals surface area contributed by atoms with Crippen molar-refractivity contribution in [3.8, 4) is 0 Å². The van der Waals surface area contributed by atoms with Crippen LogP contribution in [0.5, 0.6) is 0 Å². The molecule has 0 spiro atoms. The molecule has 0 saturated carbocycles. The molecule has 1 aliphatic heterocycles. The van der Waals surface area contributed by atoms with Crippen molar-refractivity contribution in [1.29, 1.82) is 0 Å². The van der Waals surface area contributed by atoms with Gasteiger partial charge in [0.15, 0.2) is 0 Å². The van der Waals surface area contributed by atoms with E-state index < -0.39 is 0 Å². The summed E-state index contributed by atoms with van der Waals surface area (Å²) in [6, 6.07) is 19.0. The third-order valence-electron chi connectivity index (χ3n) is 6.44. The molecule has 5 rings (SSSR count). The number of aromatic nitrogens is 3. The summed E-state index contributed by atoms with van der Waals surface area (Å²) in [7, 11) is 2.08. The molecule has 0 radical (unpaired) electrons. The van der Waals surface area contributed by atoms with Crippen molar-refractivity contribution in [1.82, 2.24) is 15.0 Å². The molecule has 6 heteroatoms. The first-order valence-corrected chi connectivity index (χ1v) is 11.9. The zero-order valence-electron chi connectivity index (χ0n) is 19.5. The van der Waals surface area contributed by atoms with Gasteiger partial charge in [0, 0.05) is 55.5 Å². The Morgan fingerprint density at radius 2 is 1.79 bits per heavy atom. The maximum Gasteiger partial charge on any atom is 0.229 e. The second-order valence-corrected chi connectivity index (χ2v) is 8.98. The predicted octanol–water partition coefficient (Wildman–Crippen LogP) is 5.68. The van der Waals surface area contributed by atoms with Crippen LogP contribution in [0.15, 0.2) is 60.8 Å². The van der Waals surface area contributed by atoms with E-state index in [0.717, 1.165) is 49.3 Å². The summed E-state index contributed by atoms with van der Waals surface area (Å²) in [5.41, 5.74) is 4.79. The van der Waals surface area contributed by atoms with E-state index in [0.29, 0.717) is 0 Å². The van der Waals surface area contributed by atoms with Gasteiger partial charge in [0.1, 0.15) is 11.6 Å². The number of nitrogens with one attached hydrogen (secondary N) is 2. The quantitative estimate of drug-likeness (QED) is 0.387. The van der Waals surface area contributed by atoms with Crippen LogP contribution in [0.2, 0.25) is 0 Å². The van der Waals surface area contributed by atoms with E-state index in [-0.39, 0.29) is 0 Å². The maximum absolute atomic E-state index is 4.97. The number of rotatable bonds is 7. The maximum atomic E-state index is 4.97. The van der Waals surface area contributed by atoms with Gasteiger partial charge in [-0.05, 0) is 56.4 Å². The van der Waals surface area contributed by atoms with Crippen LogP contribution in [0.4, 0.5) is 23.3 Å².